The van der Waals surface area contributed by atoms with Crippen LogP contribution in [0.15, 0.2) is 72.1 Å². The molecule has 8 heteroatoms. The van der Waals surface area contributed by atoms with Gasteiger partial charge in [0.15, 0.2) is 11.3 Å². The highest BCUT2D eigenvalue weighted by Crippen LogP contribution is 2.52. The SMILES string of the molecule is Cn1cc(-c2cc3c(cn2)Oc2ccc(-c4cccc(Cl)c4)cc2[C@@]32COC(N)=N2)cn1. The molecule has 32 heavy (non-hydrogen) atoms. The minimum atomic E-state index is -0.832. The fraction of sp³-hybridized carbons (Fsp3) is 0.125. The summed E-state index contributed by atoms with van der Waals surface area (Å²) in [5, 5.41) is 4.93. The zero-order chi connectivity index (χ0) is 21.9. The van der Waals surface area contributed by atoms with Crippen molar-refractivity contribution in [2.75, 3.05) is 6.61 Å². The molecule has 0 amide bonds. The molecule has 6 rings (SSSR count). The number of fused-ring (bicyclic) bond motifs is 4. The van der Waals surface area contributed by atoms with E-state index in [1.807, 2.05) is 55.7 Å². The fourth-order valence-corrected chi connectivity index (χ4v) is 4.51. The number of rotatable bonds is 2. The van der Waals surface area contributed by atoms with Crippen molar-refractivity contribution in [1.29, 1.82) is 0 Å². The average molecular weight is 444 g/mol. The summed E-state index contributed by atoms with van der Waals surface area (Å²) in [6.07, 6.45) is 5.41. The Morgan fingerprint density at radius 2 is 1.84 bits per heavy atom. The van der Waals surface area contributed by atoms with E-state index in [0.717, 1.165) is 33.5 Å². The first-order valence-corrected chi connectivity index (χ1v) is 10.5. The van der Waals surface area contributed by atoms with Crippen molar-refractivity contribution in [1.82, 2.24) is 14.8 Å². The van der Waals surface area contributed by atoms with E-state index in [1.165, 1.54) is 0 Å². The minimum Gasteiger partial charge on any atom is -0.462 e. The molecule has 0 bridgehead atoms. The quantitative estimate of drug-likeness (QED) is 0.493. The van der Waals surface area contributed by atoms with Crippen molar-refractivity contribution >= 4 is 17.6 Å². The molecule has 0 saturated heterocycles. The molecule has 4 aromatic rings. The zero-order valence-electron chi connectivity index (χ0n) is 17.1. The van der Waals surface area contributed by atoms with E-state index >= 15 is 0 Å². The van der Waals surface area contributed by atoms with E-state index in [2.05, 4.69) is 16.1 Å². The lowest BCUT2D eigenvalue weighted by Crippen LogP contribution is -2.31. The number of aryl methyl sites for hydroxylation is 1. The Morgan fingerprint density at radius 1 is 1.00 bits per heavy atom. The number of nitrogens with zero attached hydrogens (tertiary/aromatic N) is 4. The highest BCUT2D eigenvalue weighted by atomic mass is 35.5. The molecule has 0 unspecified atom stereocenters. The highest BCUT2D eigenvalue weighted by Gasteiger charge is 2.47. The lowest BCUT2D eigenvalue weighted by molar-refractivity contribution is 0.264. The third kappa shape index (κ3) is 2.85. The van der Waals surface area contributed by atoms with Gasteiger partial charge < -0.3 is 15.2 Å². The second-order valence-corrected chi connectivity index (χ2v) is 8.33. The van der Waals surface area contributed by atoms with Crippen molar-refractivity contribution in [3.8, 4) is 33.9 Å². The first kappa shape index (κ1) is 18.9. The van der Waals surface area contributed by atoms with Crippen LogP contribution in [0.25, 0.3) is 22.4 Å². The van der Waals surface area contributed by atoms with Gasteiger partial charge in [-0.1, -0.05) is 29.8 Å². The van der Waals surface area contributed by atoms with Crippen molar-refractivity contribution in [3.63, 3.8) is 0 Å². The van der Waals surface area contributed by atoms with Crippen LogP contribution in [-0.4, -0.2) is 27.4 Å². The second kappa shape index (κ2) is 6.83. The Morgan fingerprint density at radius 3 is 2.59 bits per heavy atom. The van der Waals surface area contributed by atoms with Crippen molar-refractivity contribution < 1.29 is 9.47 Å². The van der Waals surface area contributed by atoms with Gasteiger partial charge in [-0.25, -0.2) is 4.99 Å². The number of ether oxygens (including phenoxy) is 2. The number of hydrogen-bond acceptors (Lipinski definition) is 6. The third-order valence-electron chi connectivity index (χ3n) is 5.85. The molecule has 7 nitrogen and oxygen atoms in total. The van der Waals surface area contributed by atoms with Gasteiger partial charge in [-0.15, -0.1) is 0 Å². The van der Waals surface area contributed by atoms with Crippen LogP contribution in [0.2, 0.25) is 5.02 Å². The van der Waals surface area contributed by atoms with Crippen molar-refractivity contribution in [2.24, 2.45) is 17.8 Å². The predicted octanol–water partition coefficient (Wildman–Crippen LogP) is 4.50. The highest BCUT2D eigenvalue weighted by molar-refractivity contribution is 6.30. The van der Waals surface area contributed by atoms with Gasteiger partial charge in [0.25, 0.3) is 6.02 Å². The van der Waals surface area contributed by atoms with Gasteiger partial charge in [-0.05, 0) is 41.5 Å². The van der Waals surface area contributed by atoms with Crippen molar-refractivity contribution in [3.05, 3.63) is 83.3 Å². The molecular weight excluding hydrogens is 426 g/mol. The van der Waals surface area contributed by atoms with Gasteiger partial charge >= 0.3 is 0 Å². The third-order valence-corrected chi connectivity index (χ3v) is 6.08. The molecule has 0 saturated carbocycles. The molecule has 1 atom stereocenters. The monoisotopic (exact) mass is 443 g/mol. The van der Waals surface area contributed by atoms with E-state index in [9.17, 15) is 0 Å². The van der Waals surface area contributed by atoms with E-state index in [0.29, 0.717) is 16.5 Å². The number of benzene rings is 2. The fourth-order valence-electron chi connectivity index (χ4n) is 4.32. The summed E-state index contributed by atoms with van der Waals surface area (Å²) in [5.41, 5.74) is 10.6. The molecule has 0 radical (unpaired) electrons. The summed E-state index contributed by atoms with van der Waals surface area (Å²) in [4.78, 5) is 9.36. The van der Waals surface area contributed by atoms with Crippen LogP contribution in [0.5, 0.6) is 11.5 Å². The summed E-state index contributed by atoms with van der Waals surface area (Å²) in [5.74, 6) is 1.32. The minimum absolute atomic E-state index is 0.150. The summed E-state index contributed by atoms with van der Waals surface area (Å²) in [6, 6.07) is 15.9. The molecule has 2 aliphatic heterocycles. The largest absolute Gasteiger partial charge is 0.462 e. The molecule has 2 aromatic heterocycles. The molecule has 0 fully saturated rings. The smallest absolute Gasteiger partial charge is 0.283 e. The number of aliphatic imine (C=N–C) groups is 1. The summed E-state index contributed by atoms with van der Waals surface area (Å²) in [7, 11) is 1.87. The van der Waals surface area contributed by atoms with Crippen LogP contribution in [0.3, 0.4) is 0 Å². The number of nitrogens with two attached hydrogens (primary N) is 1. The van der Waals surface area contributed by atoms with Crippen molar-refractivity contribution in [2.45, 2.75) is 5.54 Å². The first-order chi connectivity index (χ1) is 15.5. The Hall–Kier alpha value is -3.84. The molecule has 4 heterocycles. The summed E-state index contributed by atoms with van der Waals surface area (Å²) in [6.45, 7) is 0.275. The van der Waals surface area contributed by atoms with Gasteiger partial charge in [0, 0.05) is 35.0 Å². The second-order valence-electron chi connectivity index (χ2n) is 7.89. The lowest BCUT2D eigenvalue weighted by atomic mass is 9.80. The number of halogens is 1. The van der Waals surface area contributed by atoms with Gasteiger partial charge in [0.2, 0.25) is 0 Å². The maximum absolute atomic E-state index is 6.24. The van der Waals surface area contributed by atoms with Gasteiger partial charge in [-0.3, -0.25) is 9.67 Å². The normalized spacial score (nSPS) is 18.5. The lowest BCUT2D eigenvalue weighted by Gasteiger charge is -2.33. The molecule has 2 aromatic carbocycles. The maximum atomic E-state index is 6.24. The predicted molar refractivity (Wildman–Crippen MR) is 122 cm³/mol. The Bertz CT molecular complexity index is 1410. The van der Waals surface area contributed by atoms with E-state index in [4.69, 9.17) is 31.8 Å². The Kier molecular flexibility index (Phi) is 4.03. The molecule has 2 N–H and O–H groups in total. The van der Waals surface area contributed by atoms with Crippen LogP contribution in [-0.2, 0) is 17.3 Å². The number of pyridine rings is 1. The van der Waals surface area contributed by atoms with Crippen LogP contribution in [0.4, 0.5) is 0 Å². The Balaban J connectivity index is 1.55. The molecule has 158 valence electrons. The van der Waals surface area contributed by atoms with Crippen LogP contribution in [0, 0.1) is 0 Å². The van der Waals surface area contributed by atoms with E-state index in [-0.39, 0.29) is 12.6 Å². The number of aromatic nitrogens is 3. The number of amidine groups is 1. The maximum Gasteiger partial charge on any atom is 0.283 e. The number of hydrogen-bond donors (Lipinski definition) is 1. The molecule has 0 aliphatic carbocycles. The summed E-state index contributed by atoms with van der Waals surface area (Å²) >= 11 is 6.23. The molecule has 2 aliphatic rings. The van der Waals surface area contributed by atoms with Gasteiger partial charge in [-0.2, -0.15) is 5.10 Å². The van der Waals surface area contributed by atoms with E-state index < -0.39 is 5.54 Å². The van der Waals surface area contributed by atoms with Crippen LogP contribution >= 0.6 is 11.6 Å². The van der Waals surface area contributed by atoms with E-state index in [1.54, 1.807) is 17.1 Å². The van der Waals surface area contributed by atoms with Crippen LogP contribution in [0.1, 0.15) is 11.1 Å². The van der Waals surface area contributed by atoms with Gasteiger partial charge in [0.1, 0.15) is 12.4 Å². The molecular formula is C24H18ClN5O2. The average Bonchev–Trinajstić information content (AvgIpc) is 3.40. The standard InChI is InChI=1S/C24H18ClN5O2/c1-30-12-16(10-28-30)20-9-19-22(11-27-20)32-21-6-5-15(14-3-2-4-17(25)7-14)8-18(21)24(19)13-31-23(26)29-24/h2-12H,13H2,1H3,(H2,26,29)/t24-/m0/s1. The Labute approximate surface area is 189 Å². The topological polar surface area (TPSA) is 87.5 Å². The summed E-state index contributed by atoms with van der Waals surface area (Å²) < 4.78 is 13.7. The molecule has 1 spiro atoms. The first-order valence-electron chi connectivity index (χ1n) is 10.1. The zero-order valence-corrected chi connectivity index (χ0v) is 17.9. The van der Waals surface area contributed by atoms with Gasteiger partial charge in [0.05, 0.1) is 18.1 Å². The van der Waals surface area contributed by atoms with Crippen LogP contribution < -0.4 is 10.5 Å².